The number of hydrogen-bond donors (Lipinski definition) is 1. The minimum absolute atomic E-state index is 0.101. The van der Waals surface area contributed by atoms with Crippen LogP contribution in [0.15, 0.2) is 18.5 Å². The molecule has 0 spiro atoms. The van der Waals surface area contributed by atoms with Gasteiger partial charge in [-0.1, -0.05) is 0 Å². The number of likely N-dealkylation sites (tertiary alicyclic amines) is 1. The van der Waals surface area contributed by atoms with E-state index in [4.69, 9.17) is 5.73 Å². The Balaban J connectivity index is 2.15. The molecule has 0 aromatic carbocycles. The molecule has 2 N–H and O–H groups in total. The number of rotatable bonds is 3. The zero-order chi connectivity index (χ0) is 13.0. The molecule has 0 bridgehead atoms. The number of nitrogens with zero attached hydrogens (tertiary/aromatic N) is 2. The molecule has 1 aliphatic rings. The molecule has 18 heavy (non-hydrogen) atoms. The quantitative estimate of drug-likeness (QED) is 0.885. The van der Waals surface area contributed by atoms with Crippen LogP contribution in [0.1, 0.15) is 41.6 Å². The van der Waals surface area contributed by atoms with Gasteiger partial charge in [-0.25, -0.2) is 0 Å². The number of aryl methyl sites for hydroxylation is 1. The summed E-state index contributed by atoms with van der Waals surface area (Å²) < 4.78 is 0. The van der Waals surface area contributed by atoms with Gasteiger partial charge in [0.15, 0.2) is 0 Å². The van der Waals surface area contributed by atoms with E-state index in [2.05, 4.69) is 4.98 Å². The third-order valence-corrected chi connectivity index (χ3v) is 3.51. The highest BCUT2D eigenvalue weighted by atomic mass is 16.2. The van der Waals surface area contributed by atoms with Crippen molar-refractivity contribution in [3.05, 3.63) is 29.6 Å². The second-order valence-electron chi connectivity index (χ2n) is 4.98. The lowest BCUT2D eigenvalue weighted by atomic mass is 9.98. The molecule has 1 aromatic heterocycles. The van der Waals surface area contributed by atoms with Crippen molar-refractivity contribution in [2.75, 3.05) is 13.1 Å². The van der Waals surface area contributed by atoms with Gasteiger partial charge in [0.2, 0.25) is 0 Å². The van der Waals surface area contributed by atoms with E-state index in [0.29, 0.717) is 18.2 Å². The van der Waals surface area contributed by atoms with Crippen LogP contribution in [0.4, 0.5) is 0 Å². The van der Waals surface area contributed by atoms with Crippen LogP contribution in [0.25, 0.3) is 0 Å². The van der Waals surface area contributed by atoms with Gasteiger partial charge in [-0.3, -0.25) is 9.78 Å². The molecular weight excluding hydrogens is 226 g/mol. The summed E-state index contributed by atoms with van der Waals surface area (Å²) >= 11 is 0. The van der Waals surface area contributed by atoms with Gasteiger partial charge in [0.05, 0.1) is 5.56 Å². The predicted molar refractivity (Wildman–Crippen MR) is 71.3 cm³/mol. The Hall–Kier alpha value is -1.42. The molecule has 0 aliphatic carbocycles. The first-order chi connectivity index (χ1) is 8.72. The number of aromatic nitrogens is 1. The highest BCUT2D eigenvalue weighted by molar-refractivity contribution is 5.94. The molecule has 1 aromatic rings. The molecule has 1 saturated heterocycles. The molecule has 1 unspecified atom stereocenters. The van der Waals surface area contributed by atoms with E-state index in [1.165, 1.54) is 6.42 Å². The van der Waals surface area contributed by atoms with Crippen molar-refractivity contribution in [3.63, 3.8) is 0 Å². The molecule has 0 saturated carbocycles. The van der Waals surface area contributed by atoms with Gasteiger partial charge in [-0.15, -0.1) is 0 Å². The molecule has 1 aliphatic heterocycles. The number of amides is 1. The van der Waals surface area contributed by atoms with Crippen LogP contribution >= 0.6 is 0 Å². The molecule has 1 fully saturated rings. The number of piperidine rings is 1. The van der Waals surface area contributed by atoms with Crippen LogP contribution in [-0.4, -0.2) is 34.9 Å². The van der Waals surface area contributed by atoms with Crippen molar-refractivity contribution < 1.29 is 4.79 Å². The highest BCUT2D eigenvalue weighted by Gasteiger charge is 2.26. The molecule has 4 nitrogen and oxygen atoms in total. The number of pyridine rings is 1. The standard InChI is InChI=1S/C14H21N3O/c1-11-8-12(10-16-9-11)14(18)17-7-3-2-4-13(17)5-6-15/h8-10,13H,2-7,15H2,1H3. The monoisotopic (exact) mass is 247 g/mol. The summed E-state index contributed by atoms with van der Waals surface area (Å²) in [6, 6.07) is 2.21. The summed E-state index contributed by atoms with van der Waals surface area (Å²) in [7, 11) is 0. The smallest absolute Gasteiger partial charge is 0.255 e. The SMILES string of the molecule is Cc1cncc(C(=O)N2CCCCC2CCN)c1. The van der Waals surface area contributed by atoms with E-state index in [-0.39, 0.29) is 5.91 Å². The molecule has 2 heterocycles. The Morgan fingerprint density at radius 1 is 1.50 bits per heavy atom. The van der Waals surface area contributed by atoms with Crippen LogP contribution in [0.5, 0.6) is 0 Å². The average molecular weight is 247 g/mol. The summed E-state index contributed by atoms with van der Waals surface area (Å²) in [6.07, 6.45) is 7.67. The average Bonchev–Trinajstić information content (AvgIpc) is 2.39. The fourth-order valence-electron chi connectivity index (χ4n) is 2.60. The third-order valence-electron chi connectivity index (χ3n) is 3.51. The van der Waals surface area contributed by atoms with E-state index < -0.39 is 0 Å². The van der Waals surface area contributed by atoms with E-state index in [0.717, 1.165) is 31.4 Å². The first-order valence-electron chi connectivity index (χ1n) is 6.65. The second-order valence-corrected chi connectivity index (χ2v) is 4.98. The van der Waals surface area contributed by atoms with Gasteiger partial charge in [-0.2, -0.15) is 0 Å². The number of carbonyl (C=O) groups excluding carboxylic acids is 1. The fraction of sp³-hybridized carbons (Fsp3) is 0.571. The minimum Gasteiger partial charge on any atom is -0.336 e. The normalized spacial score (nSPS) is 19.9. The minimum atomic E-state index is 0.101. The topological polar surface area (TPSA) is 59.2 Å². The predicted octanol–water partition coefficient (Wildman–Crippen LogP) is 1.73. The van der Waals surface area contributed by atoms with Crippen molar-refractivity contribution >= 4 is 5.91 Å². The van der Waals surface area contributed by atoms with Gasteiger partial charge in [-0.05, 0) is 50.8 Å². The number of nitrogens with two attached hydrogens (primary N) is 1. The maximum Gasteiger partial charge on any atom is 0.255 e. The van der Waals surface area contributed by atoms with Gasteiger partial charge < -0.3 is 10.6 Å². The fourth-order valence-corrected chi connectivity index (χ4v) is 2.60. The summed E-state index contributed by atoms with van der Waals surface area (Å²) in [5.74, 6) is 0.101. The molecular formula is C14H21N3O. The Bertz CT molecular complexity index is 417. The Morgan fingerprint density at radius 3 is 3.06 bits per heavy atom. The number of carbonyl (C=O) groups is 1. The first-order valence-corrected chi connectivity index (χ1v) is 6.65. The van der Waals surface area contributed by atoms with Crippen LogP contribution in [-0.2, 0) is 0 Å². The van der Waals surface area contributed by atoms with Gasteiger partial charge in [0, 0.05) is 25.0 Å². The lowest BCUT2D eigenvalue weighted by Gasteiger charge is -2.35. The molecule has 0 radical (unpaired) electrons. The summed E-state index contributed by atoms with van der Waals surface area (Å²) in [5.41, 5.74) is 7.35. The molecule has 1 amide bonds. The first kappa shape index (κ1) is 13.0. The van der Waals surface area contributed by atoms with Crippen molar-refractivity contribution in [1.29, 1.82) is 0 Å². The summed E-state index contributed by atoms with van der Waals surface area (Å²) in [5, 5.41) is 0. The zero-order valence-corrected chi connectivity index (χ0v) is 10.9. The highest BCUT2D eigenvalue weighted by Crippen LogP contribution is 2.21. The van der Waals surface area contributed by atoms with E-state index >= 15 is 0 Å². The third kappa shape index (κ3) is 2.88. The largest absolute Gasteiger partial charge is 0.336 e. The number of hydrogen-bond acceptors (Lipinski definition) is 3. The Labute approximate surface area is 108 Å². The van der Waals surface area contributed by atoms with E-state index in [1.807, 2.05) is 17.9 Å². The van der Waals surface area contributed by atoms with E-state index in [1.54, 1.807) is 12.4 Å². The van der Waals surface area contributed by atoms with Crippen molar-refractivity contribution in [2.45, 2.75) is 38.6 Å². The lowest BCUT2D eigenvalue weighted by molar-refractivity contribution is 0.0604. The van der Waals surface area contributed by atoms with Gasteiger partial charge in [0.1, 0.15) is 0 Å². The Morgan fingerprint density at radius 2 is 2.33 bits per heavy atom. The molecule has 4 heteroatoms. The maximum atomic E-state index is 12.5. The van der Waals surface area contributed by atoms with Crippen molar-refractivity contribution in [1.82, 2.24) is 9.88 Å². The maximum absolute atomic E-state index is 12.5. The van der Waals surface area contributed by atoms with E-state index in [9.17, 15) is 4.79 Å². The Kier molecular flexibility index (Phi) is 4.31. The van der Waals surface area contributed by atoms with Crippen molar-refractivity contribution in [3.8, 4) is 0 Å². The summed E-state index contributed by atoms with van der Waals surface area (Å²) in [6.45, 7) is 3.44. The lowest BCUT2D eigenvalue weighted by Crippen LogP contribution is -2.44. The zero-order valence-electron chi connectivity index (χ0n) is 10.9. The van der Waals surface area contributed by atoms with Crippen LogP contribution < -0.4 is 5.73 Å². The van der Waals surface area contributed by atoms with Crippen LogP contribution in [0.3, 0.4) is 0 Å². The molecule has 98 valence electrons. The summed E-state index contributed by atoms with van der Waals surface area (Å²) in [4.78, 5) is 18.6. The van der Waals surface area contributed by atoms with Gasteiger partial charge in [0.25, 0.3) is 5.91 Å². The van der Waals surface area contributed by atoms with Crippen LogP contribution in [0, 0.1) is 6.92 Å². The van der Waals surface area contributed by atoms with Crippen LogP contribution in [0.2, 0.25) is 0 Å². The van der Waals surface area contributed by atoms with Crippen molar-refractivity contribution in [2.24, 2.45) is 5.73 Å². The van der Waals surface area contributed by atoms with Gasteiger partial charge >= 0.3 is 0 Å². The molecule has 2 rings (SSSR count). The molecule has 1 atom stereocenters. The second kappa shape index (κ2) is 5.96.